The van der Waals surface area contributed by atoms with Gasteiger partial charge in [0.2, 0.25) is 5.82 Å². The van der Waals surface area contributed by atoms with Crippen molar-refractivity contribution in [2.24, 2.45) is 0 Å². The van der Waals surface area contributed by atoms with Gasteiger partial charge in [0.25, 0.3) is 5.91 Å². The van der Waals surface area contributed by atoms with Gasteiger partial charge in [0.1, 0.15) is 0 Å². The predicted molar refractivity (Wildman–Crippen MR) is 112 cm³/mol. The van der Waals surface area contributed by atoms with Gasteiger partial charge in [0.15, 0.2) is 0 Å². The number of aliphatic hydroxyl groups is 1. The number of halogens is 2. The lowest BCUT2D eigenvalue weighted by Crippen LogP contribution is -2.17. The first-order valence-corrected chi connectivity index (χ1v) is 9.45. The van der Waals surface area contributed by atoms with Crippen molar-refractivity contribution in [3.63, 3.8) is 0 Å². The summed E-state index contributed by atoms with van der Waals surface area (Å²) in [4.78, 5) is 21.2. The molecule has 1 aromatic heterocycles. The predicted octanol–water partition coefficient (Wildman–Crippen LogP) is 4.85. The van der Waals surface area contributed by atoms with Gasteiger partial charge in [-0.05, 0) is 61.2 Å². The molecule has 0 aliphatic carbocycles. The normalized spacial score (nSPS) is 10.8. The van der Waals surface area contributed by atoms with Crippen molar-refractivity contribution in [1.82, 2.24) is 9.97 Å². The number of nitrogens with zero attached hydrogens (tertiary/aromatic N) is 2. The van der Waals surface area contributed by atoms with Crippen molar-refractivity contribution < 1.29 is 9.90 Å². The second-order valence-electron chi connectivity index (χ2n) is 6.42. The molecule has 3 aromatic rings. The summed E-state index contributed by atoms with van der Waals surface area (Å²) in [5, 5.41) is 13.0. The maximum absolute atomic E-state index is 12.7. The van der Waals surface area contributed by atoms with Crippen molar-refractivity contribution in [1.29, 1.82) is 0 Å². The SMILES string of the molecule is Cc1cc(CCO)cc(C)c1NC(=O)c1nccc(-c2cc(Cl)ccc2Cl)n1. The summed E-state index contributed by atoms with van der Waals surface area (Å²) in [5.41, 5.74) is 4.69. The Kier molecular flexibility index (Phi) is 6.29. The van der Waals surface area contributed by atoms with Crippen LogP contribution < -0.4 is 5.32 Å². The standard InChI is InChI=1S/C21H19Cl2N3O2/c1-12-9-14(6-8-27)10-13(2)19(12)26-21(28)20-24-7-5-18(25-20)16-11-15(22)3-4-17(16)23/h3-5,7,9-11,27H,6,8H2,1-2H3,(H,26,28). The molecule has 0 saturated carbocycles. The first kappa shape index (κ1) is 20.3. The van der Waals surface area contributed by atoms with Crippen molar-refractivity contribution in [2.45, 2.75) is 20.3 Å². The number of anilines is 1. The van der Waals surface area contributed by atoms with Gasteiger partial charge in [-0.25, -0.2) is 9.97 Å². The van der Waals surface area contributed by atoms with E-state index in [-0.39, 0.29) is 12.4 Å². The summed E-state index contributed by atoms with van der Waals surface area (Å²) in [5.74, 6) is -0.382. The monoisotopic (exact) mass is 415 g/mol. The van der Waals surface area contributed by atoms with Gasteiger partial charge in [-0.15, -0.1) is 0 Å². The molecule has 144 valence electrons. The molecule has 7 heteroatoms. The third kappa shape index (κ3) is 4.50. The lowest BCUT2D eigenvalue weighted by molar-refractivity contribution is 0.101. The third-order valence-electron chi connectivity index (χ3n) is 4.29. The lowest BCUT2D eigenvalue weighted by atomic mass is 10.0. The van der Waals surface area contributed by atoms with Crippen molar-refractivity contribution >= 4 is 34.8 Å². The molecule has 3 rings (SSSR count). The largest absolute Gasteiger partial charge is 0.396 e. The van der Waals surface area contributed by atoms with Gasteiger partial charge in [-0.1, -0.05) is 35.3 Å². The van der Waals surface area contributed by atoms with Crippen LogP contribution in [-0.2, 0) is 6.42 Å². The highest BCUT2D eigenvalue weighted by Crippen LogP contribution is 2.29. The van der Waals surface area contributed by atoms with Crippen LogP contribution in [0, 0.1) is 13.8 Å². The van der Waals surface area contributed by atoms with Gasteiger partial charge in [-0.2, -0.15) is 0 Å². The molecule has 0 saturated heterocycles. The van der Waals surface area contributed by atoms with Crippen LogP contribution >= 0.6 is 23.2 Å². The van der Waals surface area contributed by atoms with Crippen LogP contribution in [-0.4, -0.2) is 27.6 Å². The fourth-order valence-corrected chi connectivity index (χ4v) is 3.39. The van der Waals surface area contributed by atoms with Crippen LogP contribution in [0.25, 0.3) is 11.3 Å². The summed E-state index contributed by atoms with van der Waals surface area (Å²) in [6, 6.07) is 10.6. The number of hydrogen-bond donors (Lipinski definition) is 2. The van der Waals surface area contributed by atoms with Crippen LogP contribution in [0.15, 0.2) is 42.6 Å². The molecule has 28 heavy (non-hydrogen) atoms. The minimum Gasteiger partial charge on any atom is -0.396 e. The van der Waals surface area contributed by atoms with E-state index in [1.165, 1.54) is 6.20 Å². The number of rotatable bonds is 5. The number of aromatic nitrogens is 2. The first-order valence-electron chi connectivity index (χ1n) is 8.70. The quantitative estimate of drug-likeness (QED) is 0.623. The van der Waals surface area contributed by atoms with Gasteiger partial charge in [0.05, 0.1) is 10.7 Å². The Morgan fingerprint density at radius 2 is 1.82 bits per heavy atom. The van der Waals surface area contributed by atoms with Crippen LogP contribution in [0.4, 0.5) is 5.69 Å². The zero-order valence-corrected chi connectivity index (χ0v) is 17.0. The fourth-order valence-electron chi connectivity index (χ4n) is 3.01. The summed E-state index contributed by atoms with van der Waals surface area (Å²) in [6.07, 6.45) is 2.08. The zero-order valence-electron chi connectivity index (χ0n) is 15.5. The lowest BCUT2D eigenvalue weighted by Gasteiger charge is -2.13. The van der Waals surface area contributed by atoms with Crippen molar-refractivity contribution in [3.05, 3.63) is 75.2 Å². The van der Waals surface area contributed by atoms with Gasteiger partial charge in [0, 0.05) is 29.1 Å². The fraction of sp³-hybridized carbons (Fsp3) is 0.190. The molecule has 2 aromatic carbocycles. The number of nitrogens with one attached hydrogen (secondary N) is 1. The van der Waals surface area contributed by atoms with E-state index in [0.717, 1.165) is 16.7 Å². The van der Waals surface area contributed by atoms with E-state index < -0.39 is 5.91 Å². The summed E-state index contributed by atoms with van der Waals surface area (Å²) in [6.45, 7) is 3.90. The summed E-state index contributed by atoms with van der Waals surface area (Å²) >= 11 is 12.3. The second-order valence-corrected chi connectivity index (χ2v) is 7.27. The maximum atomic E-state index is 12.7. The minimum atomic E-state index is -0.416. The van der Waals surface area contributed by atoms with E-state index in [1.807, 2.05) is 26.0 Å². The number of aryl methyl sites for hydroxylation is 2. The highest BCUT2D eigenvalue weighted by molar-refractivity contribution is 6.35. The minimum absolute atomic E-state index is 0.0341. The zero-order chi connectivity index (χ0) is 20.3. The van der Waals surface area contributed by atoms with E-state index >= 15 is 0 Å². The smallest absolute Gasteiger partial charge is 0.293 e. The van der Waals surface area contributed by atoms with E-state index in [2.05, 4.69) is 15.3 Å². The molecule has 0 bridgehead atoms. The Hall–Kier alpha value is -2.47. The maximum Gasteiger partial charge on any atom is 0.293 e. The Morgan fingerprint density at radius 3 is 2.50 bits per heavy atom. The number of aliphatic hydroxyl groups excluding tert-OH is 1. The number of hydrogen-bond acceptors (Lipinski definition) is 4. The molecule has 0 atom stereocenters. The summed E-state index contributed by atoms with van der Waals surface area (Å²) in [7, 11) is 0. The molecule has 0 fully saturated rings. The molecule has 1 amide bonds. The Balaban J connectivity index is 1.89. The molecule has 0 aliphatic rings. The molecular formula is C21H19Cl2N3O2. The van der Waals surface area contributed by atoms with E-state index in [9.17, 15) is 4.79 Å². The molecule has 5 nitrogen and oxygen atoms in total. The van der Waals surface area contributed by atoms with Gasteiger partial charge in [-0.3, -0.25) is 4.79 Å². The Labute approximate surface area is 173 Å². The number of amides is 1. The average molecular weight is 416 g/mol. The topological polar surface area (TPSA) is 75.1 Å². The van der Waals surface area contributed by atoms with Gasteiger partial charge < -0.3 is 10.4 Å². The molecule has 1 heterocycles. The highest BCUT2D eigenvalue weighted by atomic mass is 35.5. The number of carbonyl (C=O) groups is 1. The Morgan fingerprint density at radius 1 is 1.11 bits per heavy atom. The van der Waals surface area contributed by atoms with Crippen molar-refractivity contribution in [3.8, 4) is 11.3 Å². The van der Waals surface area contributed by atoms with Crippen LogP contribution in [0.2, 0.25) is 10.0 Å². The average Bonchev–Trinajstić information content (AvgIpc) is 2.67. The van der Waals surface area contributed by atoms with Gasteiger partial charge >= 0.3 is 0 Å². The van der Waals surface area contributed by atoms with E-state index in [1.54, 1.807) is 24.3 Å². The first-order chi connectivity index (χ1) is 13.4. The molecule has 2 N–H and O–H groups in total. The van der Waals surface area contributed by atoms with Crippen LogP contribution in [0.5, 0.6) is 0 Å². The Bertz CT molecular complexity index is 1010. The van der Waals surface area contributed by atoms with E-state index in [4.69, 9.17) is 28.3 Å². The molecule has 0 radical (unpaired) electrons. The van der Waals surface area contributed by atoms with Crippen LogP contribution in [0.1, 0.15) is 27.3 Å². The second kappa shape index (κ2) is 8.69. The van der Waals surface area contributed by atoms with Crippen LogP contribution in [0.3, 0.4) is 0 Å². The number of benzene rings is 2. The molecule has 0 unspecified atom stereocenters. The number of carbonyl (C=O) groups excluding carboxylic acids is 1. The van der Waals surface area contributed by atoms with Crippen molar-refractivity contribution in [2.75, 3.05) is 11.9 Å². The van der Waals surface area contributed by atoms with E-state index in [0.29, 0.717) is 33.4 Å². The molecular weight excluding hydrogens is 397 g/mol. The molecule has 0 aliphatic heterocycles. The molecule has 0 spiro atoms. The highest BCUT2D eigenvalue weighted by Gasteiger charge is 2.15. The third-order valence-corrected chi connectivity index (χ3v) is 4.86. The summed E-state index contributed by atoms with van der Waals surface area (Å²) < 4.78 is 0.